The van der Waals surface area contributed by atoms with Crippen LogP contribution in [0, 0.1) is 23.2 Å². The van der Waals surface area contributed by atoms with Crippen molar-refractivity contribution in [1.29, 1.82) is 0 Å². The van der Waals surface area contributed by atoms with Crippen LogP contribution in [0.4, 0.5) is 0 Å². The van der Waals surface area contributed by atoms with E-state index in [4.69, 9.17) is 14.2 Å². The van der Waals surface area contributed by atoms with Gasteiger partial charge in [-0.2, -0.15) is 0 Å². The van der Waals surface area contributed by atoms with E-state index in [-0.39, 0.29) is 11.2 Å². The molecule has 2 saturated carbocycles. The van der Waals surface area contributed by atoms with Crippen molar-refractivity contribution in [3.8, 4) is 5.75 Å². The molecule has 1 saturated heterocycles. The zero-order valence-corrected chi connectivity index (χ0v) is 21.1. The highest BCUT2D eigenvalue weighted by Gasteiger charge is 2.68. The standard InChI is InChI=1S/C28H33IO3/c1-27-12-11-24-23-10-8-22(30-18-19-5-3-2-4-6-19)15-20(23)7-9-25(24)26(27)21(17-29)16-28(27)31-13-14-32-28/h2-6,8,10,15,21,24-26H,7,9,11-14,16-18H2,1H3/t21-,24-,25-,26+,27+/m1/s1. The number of aryl methyl sites for hydroxylation is 1. The Morgan fingerprint density at radius 1 is 1.06 bits per heavy atom. The number of alkyl halides is 1. The van der Waals surface area contributed by atoms with Gasteiger partial charge in [0.05, 0.1) is 13.2 Å². The summed E-state index contributed by atoms with van der Waals surface area (Å²) in [5.74, 6) is 3.48. The molecular weight excluding hydrogens is 511 g/mol. The van der Waals surface area contributed by atoms with Crippen molar-refractivity contribution in [2.24, 2.45) is 23.2 Å². The molecule has 3 fully saturated rings. The summed E-state index contributed by atoms with van der Waals surface area (Å²) in [6.07, 6.45) is 5.98. The molecular formula is C28H33IO3. The van der Waals surface area contributed by atoms with Crippen molar-refractivity contribution in [3.63, 3.8) is 0 Å². The van der Waals surface area contributed by atoms with Gasteiger partial charge in [-0.25, -0.2) is 0 Å². The Balaban J connectivity index is 1.25. The average Bonchev–Trinajstić information content (AvgIpc) is 3.41. The van der Waals surface area contributed by atoms with Gasteiger partial charge in [0.15, 0.2) is 5.79 Å². The number of hydrogen-bond acceptors (Lipinski definition) is 3. The molecule has 0 N–H and O–H groups in total. The minimum Gasteiger partial charge on any atom is -0.489 e. The maximum absolute atomic E-state index is 6.39. The largest absolute Gasteiger partial charge is 0.489 e. The summed E-state index contributed by atoms with van der Waals surface area (Å²) < 4.78 is 20.1. The molecule has 2 aromatic carbocycles. The van der Waals surface area contributed by atoms with Crippen molar-refractivity contribution in [2.75, 3.05) is 17.6 Å². The Morgan fingerprint density at radius 2 is 1.88 bits per heavy atom. The van der Waals surface area contributed by atoms with Gasteiger partial charge in [0.1, 0.15) is 12.4 Å². The number of hydrogen-bond donors (Lipinski definition) is 0. The molecule has 1 heterocycles. The van der Waals surface area contributed by atoms with E-state index >= 15 is 0 Å². The van der Waals surface area contributed by atoms with Crippen molar-refractivity contribution < 1.29 is 14.2 Å². The number of fused-ring (bicyclic) bond motifs is 6. The highest BCUT2D eigenvalue weighted by molar-refractivity contribution is 14.1. The van der Waals surface area contributed by atoms with Gasteiger partial charge in [0, 0.05) is 16.3 Å². The maximum atomic E-state index is 6.39. The van der Waals surface area contributed by atoms with E-state index < -0.39 is 0 Å². The summed E-state index contributed by atoms with van der Waals surface area (Å²) in [5.41, 5.74) is 4.45. The normalized spacial score (nSPS) is 34.7. The first-order chi connectivity index (χ1) is 15.6. The first-order valence-corrected chi connectivity index (χ1v) is 13.8. The molecule has 3 nitrogen and oxygen atoms in total. The van der Waals surface area contributed by atoms with E-state index in [1.54, 1.807) is 5.56 Å². The van der Waals surface area contributed by atoms with Crippen LogP contribution in [0.3, 0.4) is 0 Å². The third-order valence-electron chi connectivity index (χ3n) is 9.06. The van der Waals surface area contributed by atoms with Gasteiger partial charge in [0.25, 0.3) is 0 Å². The molecule has 4 heteroatoms. The molecule has 32 heavy (non-hydrogen) atoms. The van der Waals surface area contributed by atoms with E-state index in [2.05, 4.69) is 72.0 Å². The van der Waals surface area contributed by atoms with Gasteiger partial charge in [-0.1, -0.05) is 65.9 Å². The molecule has 6 rings (SSSR count). The summed E-state index contributed by atoms with van der Waals surface area (Å²) in [6.45, 7) is 4.64. The second kappa shape index (κ2) is 8.28. The lowest BCUT2D eigenvalue weighted by molar-refractivity contribution is -0.237. The highest BCUT2D eigenvalue weighted by atomic mass is 127. The van der Waals surface area contributed by atoms with Crippen LogP contribution in [0.15, 0.2) is 48.5 Å². The zero-order chi connectivity index (χ0) is 21.8. The number of ether oxygens (including phenoxy) is 3. The molecule has 4 aliphatic rings. The van der Waals surface area contributed by atoms with Crippen LogP contribution in [0.25, 0.3) is 0 Å². The Hall–Kier alpha value is -1.11. The SMILES string of the molecule is C[C@]12CC[C@@H]3c4ccc(OCc5ccccc5)cc4CC[C@H]3[C@@H]1[C@@H](CI)CC21OCCO1. The molecule has 0 radical (unpaired) electrons. The topological polar surface area (TPSA) is 27.7 Å². The van der Waals surface area contributed by atoms with Gasteiger partial charge in [-0.15, -0.1) is 0 Å². The predicted molar refractivity (Wildman–Crippen MR) is 134 cm³/mol. The Labute approximate surface area is 205 Å². The highest BCUT2D eigenvalue weighted by Crippen LogP contribution is 2.68. The van der Waals surface area contributed by atoms with Crippen LogP contribution in [0.5, 0.6) is 5.75 Å². The van der Waals surface area contributed by atoms with Crippen LogP contribution in [-0.2, 0) is 22.5 Å². The Morgan fingerprint density at radius 3 is 2.66 bits per heavy atom. The first kappa shape index (κ1) is 21.4. The Kier molecular flexibility index (Phi) is 5.54. The van der Waals surface area contributed by atoms with E-state index in [1.807, 2.05) is 6.07 Å². The fourth-order valence-corrected chi connectivity index (χ4v) is 8.57. The summed E-state index contributed by atoms with van der Waals surface area (Å²) in [7, 11) is 0. The molecule has 5 atom stereocenters. The smallest absolute Gasteiger partial charge is 0.174 e. The lowest BCUT2D eigenvalue weighted by atomic mass is 9.53. The molecule has 1 spiro atoms. The van der Waals surface area contributed by atoms with Crippen molar-refractivity contribution in [1.82, 2.24) is 0 Å². The van der Waals surface area contributed by atoms with Crippen LogP contribution < -0.4 is 4.74 Å². The molecule has 0 amide bonds. The molecule has 0 bridgehead atoms. The minimum atomic E-state index is -0.326. The second-order valence-electron chi connectivity index (χ2n) is 10.5. The van der Waals surface area contributed by atoms with Gasteiger partial charge in [-0.05, 0) is 78.2 Å². The van der Waals surface area contributed by atoms with Gasteiger partial charge >= 0.3 is 0 Å². The Bertz CT molecular complexity index is 970. The summed E-state index contributed by atoms with van der Waals surface area (Å²) in [5, 5.41) is 0. The molecule has 3 aliphatic carbocycles. The first-order valence-electron chi connectivity index (χ1n) is 12.3. The third-order valence-corrected chi connectivity index (χ3v) is 10.2. The quantitative estimate of drug-likeness (QED) is 0.324. The van der Waals surface area contributed by atoms with Crippen molar-refractivity contribution in [3.05, 3.63) is 65.2 Å². The third kappa shape index (κ3) is 3.27. The molecule has 170 valence electrons. The molecule has 1 aliphatic heterocycles. The lowest BCUT2D eigenvalue weighted by Crippen LogP contribution is -2.51. The summed E-state index contributed by atoms with van der Waals surface area (Å²) in [4.78, 5) is 0. The van der Waals surface area contributed by atoms with Crippen molar-refractivity contribution in [2.45, 2.75) is 57.3 Å². The minimum absolute atomic E-state index is 0.150. The monoisotopic (exact) mass is 544 g/mol. The summed E-state index contributed by atoms with van der Waals surface area (Å²) >= 11 is 2.61. The molecule has 0 aromatic heterocycles. The fraction of sp³-hybridized carbons (Fsp3) is 0.571. The van der Waals surface area contributed by atoms with E-state index in [1.165, 1.54) is 34.8 Å². The lowest BCUT2D eigenvalue weighted by Gasteiger charge is -2.53. The summed E-state index contributed by atoms with van der Waals surface area (Å²) in [6, 6.07) is 17.3. The van der Waals surface area contributed by atoms with Gasteiger partial charge < -0.3 is 14.2 Å². The fourth-order valence-electron chi connectivity index (χ4n) is 7.71. The second-order valence-corrected chi connectivity index (χ2v) is 11.4. The average molecular weight is 544 g/mol. The maximum Gasteiger partial charge on any atom is 0.174 e. The molecule has 0 unspecified atom stereocenters. The van der Waals surface area contributed by atoms with Crippen LogP contribution in [0.1, 0.15) is 55.2 Å². The zero-order valence-electron chi connectivity index (χ0n) is 18.9. The number of rotatable bonds is 4. The number of halogens is 1. The van der Waals surface area contributed by atoms with Gasteiger partial charge in [-0.3, -0.25) is 0 Å². The van der Waals surface area contributed by atoms with Crippen LogP contribution in [-0.4, -0.2) is 23.4 Å². The van der Waals surface area contributed by atoms with Crippen LogP contribution >= 0.6 is 22.6 Å². The predicted octanol–water partition coefficient (Wildman–Crippen LogP) is 6.53. The van der Waals surface area contributed by atoms with E-state index in [0.717, 1.165) is 37.7 Å². The van der Waals surface area contributed by atoms with Crippen LogP contribution in [0.2, 0.25) is 0 Å². The van der Waals surface area contributed by atoms with E-state index in [0.29, 0.717) is 24.4 Å². The van der Waals surface area contributed by atoms with E-state index in [9.17, 15) is 0 Å². The van der Waals surface area contributed by atoms with Gasteiger partial charge in [0.2, 0.25) is 0 Å². The molecule has 2 aromatic rings. The number of benzene rings is 2. The van der Waals surface area contributed by atoms with Crippen molar-refractivity contribution >= 4 is 22.6 Å².